The van der Waals surface area contributed by atoms with Crippen molar-refractivity contribution in [2.24, 2.45) is 5.92 Å². The lowest BCUT2D eigenvalue weighted by Crippen LogP contribution is -2.14. The highest BCUT2D eigenvalue weighted by Crippen LogP contribution is 2.29. The zero-order valence-electron chi connectivity index (χ0n) is 10.1. The predicted molar refractivity (Wildman–Crippen MR) is 64.0 cm³/mol. The van der Waals surface area contributed by atoms with Crippen LogP contribution in [0.2, 0.25) is 0 Å². The number of carboxylic acids is 1. The van der Waals surface area contributed by atoms with E-state index in [9.17, 15) is 9.90 Å². The maximum atomic E-state index is 10.7. The van der Waals surface area contributed by atoms with Crippen molar-refractivity contribution in [3.05, 3.63) is 29.8 Å². The van der Waals surface area contributed by atoms with Crippen LogP contribution in [0.1, 0.15) is 31.9 Å². The standard InChI is InChI=1S/C13H18O4/c1-3-17-12-7-5-4-6-10(12)11(14)8-9(2)13(15)16/h4-7,9,11,14H,3,8H2,1-2H3,(H,15,16). The number of aliphatic hydroxyl groups is 1. The van der Waals surface area contributed by atoms with Crippen LogP contribution >= 0.6 is 0 Å². The quantitative estimate of drug-likeness (QED) is 0.797. The van der Waals surface area contributed by atoms with Crippen LogP contribution < -0.4 is 4.74 Å². The largest absolute Gasteiger partial charge is 0.493 e. The molecule has 2 N–H and O–H groups in total. The predicted octanol–water partition coefficient (Wildman–Crippen LogP) is 2.23. The smallest absolute Gasteiger partial charge is 0.306 e. The SMILES string of the molecule is CCOc1ccccc1C(O)CC(C)C(=O)O. The van der Waals surface area contributed by atoms with E-state index in [0.717, 1.165) is 0 Å². The fourth-order valence-corrected chi connectivity index (χ4v) is 1.61. The summed E-state index contributed by atoms with van der Waals surface area (Å²) in [7, 11) is 0. The number of para-hydroxylation sites is 1. The van der Waals surface area contributed by atoms with Crippen molar-refractivity contribution in [3.8, 4) is 5.75 Å². The van der Waals surface area contributed by atoms with Gasteiger partial charge in [0.2, 0.25) is 0 Å². The van der Waals surface area contributed by atoms with Gasteiger partial charge in [-0.05, 0) is 19.4 Å². The lowest BCUT2D eigenvalue weighted by Gasteiger charge is -2.17. The van der Waals surface area contributed by atoms with Crippen LogP contribution in [0.5, 0.6) is 5.75 Å². The van der Waals surface area contributed by atoms with Gasteiger partial charge in [-0.3, -0.25) is 4.79 Å². The summed E-state index contributed by atoms with van der Waals surface area (Å²) in [5.74, 6) is -0.877. The first-order chi connectivity index (χ1) is 8.06. The van der Waals surface area contributed by atoms with E-state index in [1.54, 1.807) is 25.1 Å². The Morgan fingerprint density at radius 2 is 2.06 bits per heavy atom. The van der Waals surface area contributed by atoms with E-state index in [2.05, 4.69) is 0 Å². The molecule has 0 radical (unpaired) electrons. The Morgan fingerprint density at radius 1 is 1.41 bits per heavy atom. The number of ether oxygens (including phenoxy) is 1. The minimum atomic E-state index is -0.905. The molecule has 0 bridgehead atoms. The summed E-state index contributed by atoms with van der Waals surface area (Å²) in [6.07, 6.45) is -0.636. The van der Waals surface area contributed by atoms with E-state index in [0.29, 0.717) is 17.9 Å². The molecule has 0 saturated heterocycles. The van der Waals surface area contributed by atoms with Crippen LogP contribution in [0.4, 0.5) is 0 Å². The van der Waals surface area contributed by atoms with Crippen LogP contribution in [0, 0.1) is 5.92 Å². The Kier molecular flexibility index (Phi) is 4.97. The van der Waals surface area contributed by atoms with Crippen molar-refractivity contribution < 1.29 is 19.7 Å². The second kappa shape index (κ2) is 6.25. The molecule has 0 aliphatic heterocycles. The third-order valence-electron chi connectivity index (χ3n) is 2.58. The number of carboxylic acid groups (broad SMARTS) is 1. The molecule has 0 aliphatic carbocycles. The Hall–Kier alpha value is -1.55. The zero-order valence-corrected chi connectivity index (χ0v) is 10.1. The monoisotopic (exact) mass is 238 g/mol. The normalized spacial score (nSPS) is 14.1. The van der Waals surface area contributed by atoms with Gasteiger partial charge in [-0.2, -0.15) is 0 Å². The molecule has 1 rings (SSSR count). The van der Waals surface area contributed by atoms with Gasteiger partial charge in [-0.1, -0.05) is 25.1 Å². The summed E-state index contributed by atoms with van der Waals surface area (Å²) in [6, 6.07) is 7.14. The lowest BCUT2D eigenvalue weighted by atomic mass is 9.98. The summed E-state index contributed by atoms with van der Waals surface area (Å²) in [6.45, 7) is 3.95. The number of rotatable bonds is 6. The number of hydrogen-bond acceptors (Lipinski definition) is 3. The molecule has 1 aromatic rings. The van der Waals surface area contributed by atoms with Crippen LogP contribution in [0.25, 0.3) is 0 Å². The minimum Gasteiger partial charge on any atom is -0.493 e. The number of aliphatic carboxylic acids is 1. The van der Waals surface area contributed by atoms with E-state index in [1.165, 1.54) is 0 Å². The average molecular weight is 238 g/mol. The molecular weight excluding hydrogens is 220 g/mol. The highest BCUT2D eigenvalue weighted by Gasteiger charge is 2.20. The van der Waals surface area contributed by atoms with Gasteiger partial charge in [0.25, 0.3) is 0 Å². The lowest BCUT2D eigenvalue weighted by molar-refractivity contribution is -0.142. The molecule has 0 heterocycles. The van der Waals surface area contributed by atoms with Gasteiger partial charge in [0.15, 0.2) is 0 Å². The van der Waals surface area contributed by atoms with Gasteiger partial charge in [0, 0.05) is 5.56 Å². The van der Waals surface area contributed by atoms with Crippen LogP contribution in [0.3, 0.4) is 0 Å². The van der Waals surface area contributed by atoms with Crippen molar-refractivity contribution in [3.63, 3.8) is 0 Å². The number of benzene rings is 1. The van der Waals surface area contributed by atoms with Crippen molar-refractivity contribution in [2.75, 3.05) is 6.61 Å². The Balaban J connectivity index is 2.80. The number of hydrogen-bond donors (Lipinski definition) is 2. The van der Waals surface area contributed by atoms with E-state index < -0.39 is 18.0 Å². The third kappa shape index (κ3) is 3.75. The molecule has 0 spiro atoms. The fourth-order valence-electron chi connectivity index (χ4n) is 1.61. The van der Waals surface area contributed by atoms with Gasteiger partial charge in [0.1, 0.15) is 5.75 Å². The van der Waals surface area contributed by atoms with Crippen molar-refractivity contribution in [1.82, 2.24) is 0 Å². The topological polar surface area (TPSA) is 66.8 Å². The summed E-state index contributed by atoms with van der Waals surface area (Å²) >= 11 is 0. The second-order valence-electron chi connectivity index (χ2n) is 3.96. The first-order valence-electron chi connectivity index (χ1n) is 5.68. The number of aliphatic hydroxyl groups excluding tert-OH is 1. The van der Waals surface area contributed by atoms with E-state index in [1.807, 2.05) is 13.0 Å². The van der Waals surface area contributed by atoms with Crippen molar-refractivity contribution in [2.45, 2.75) is 26.4 Å². The average Bonchev–Trinajstić information content (AvgIpc) is 2.29. The Bertz CT molecular complexity index is 375. The van der Waals surface area contributed by atoms with Gasteiger partial charge in [-0.25, -0.2) is 0 Å². The zero-order chi connectivity index (χ0) is 12.8. The maximum absolute atomic E-state index is 10.7. The molecular formula is C13H18O4. The molecule has 4 nitrogen and oxygen atoms in total. The maximum Gasteiger partial charge on any atom is 0.306 e. The van der Waals surface area contributed by atoms with Crippen LogP contribution in [0.15, 0.2) is 24.3 Å². The minimum absolute atomic E-state index is 0.180. The second-order valence-corrected chi connectivity index (χ2v) is 3.96. The first kappa shape index (κ1) is 13.5. The van der Waals surface area contributed by atoms with E-state index in [4.69, 9.17) is 9.84 Å². The molecule has 1 aromatic carbocycles. The molecule has 0 fully saturated rings. The first-order valence-corrected chi connectivity index (χ1v) is 5.68. The van der Waals surface area contributed by atoms with Crippen molar-refractivity contribution in [1.29, 1.82) is 0 Å². The molecule has 2 atom stereocenters. The highest BCUT2D eigenvalue weighted by molar-refractivity contribution is 5.69. The molecule has 0 aromatic heterocycles. The summed E-state index contributed by atoms with van der Waals surface area (Å²) < 4.78 is 5.39. The Morgan fingerprint density at radius 3 is 2.65 bits per heavy atom. The van der Waals surface area contributed by atoms with Crippen molar-refractivity contribution >= 4 is 5.97 Å². The van der Waals surface area contributed by atoms with Crippen LogP contribution in [-0.4, -0.2) is 22.8 Å². The van der Waals surface area contributed by atoms with Crippen LogP contribution in [-0.2, 0) is 4.79 Å². The van der Waals surface area contributed by atoms with Gasteiger partial charge in [-0.15, -0.1) is 0 Å². The van der Waals surface area contributed by atoms with Gasteiger partial charge in [0.05, 0.1) is 18.6 Å². The molecule has 0 aliphatic rings. The third-order valence-corrected chi connectivity index (χ3v) is 2.58. The molecule has 2 unspecified atom stereocenters. The molecule has 4 heteroatoms. The highest BCUT2D eigenvalue weighted by atomic mass is 16.5. The number of carbonyl (C=O) groups is 1. The van der Waals surface area contributed by atoms with E-state index in [-0.39, 0.29) is 6.42 Å². The Labute approximate surface area is 101 Å². The molecule has 0 saturated carbocycles. The summed E-state index contributed by atoms with van der Waals surface area (Å²) in [5, 5.41) is 18.8. The fraction of sp³-hybridized carbons (Fsp3) is 0.462. The van der Waals surface area contributed by atoms with Gasteiger partial charge >= 0.3 is 5.97 Å². The van der Waals surface area contributed by atoms with Gasteiger partial charge < -0.3 is 14.9 Å². The summed E-state index contributed by atoms with van der Waals surface area (Å²) in [4.78, 5) is 10.7. The molecule has 94 valence electrons. The van der Waals surface area contributed by atoms with E-state index >= 15 is 0 Å². The summed E-state index contributed by atoms with van der Waals surface area (Å²) in [5.41, 5.74) is 0.641. The molecule has 17 heavy (non-hydrogen) atoms. The molecule has 0 amide bonds.